The number of aryl methyl sites for hydroxylation is 2. The summed E-state index contributed by atoms with van der Waals surface area (Å²) in [7, 11) is 1.84. The van der Waals surface area contributed by atoms with Gasteiger partial charge in [0.05, 0.1) is 18.1 Å². The minimum atomic E-state index is -0.301. The van der Waals surface area contributed by atoms with Gasteiger partial charge in [-0.25, -0.2) is 15.0 Å². The highest BCUT2D eigenvalue weighted by Gasteiger charge is 2.22. The van der Waals surface area contributed by atoms with Gasteiger partial charge in [-0.2, -0.15) is 10.1 Å². The number of benzene rings is 1. The fourth-order valence-corrected chi connectivity index (χ4v) is 3.13. The zero-order chi connectivity index (χ0) is 23.6. The van der Waals surface area contributed by atoms with Crippen molar-refractivity contribution in [1.29, 1.82) is 0 Å². The summed E-state index contributed by atoms with van der Waals surface area (Å²) in [6, 6.07) is 5.85. The first-order valence-electron chi connectivity index (χ1n) is 10.5. The first kappa shape index (κ1) is 22.1. The molecule has 10 heteroatoms. The smallest absolute Gasteiger partial charge is 0.288 e. The average molecular weight is 447 g/mol. The zero-order valence-corrected chi connectivity index (χ0v) is 19.2. The standard InChI is InChI=1S/C23H26N8O2/c1-14-8-15(19-26-13-27-22(30-19)29-17-10-28-31(5)12-17)6-7-16(14)9-24-20(32)18-11-25-21(33-18)23(2,3)4/h6-8,10-13H,9H2,1-5H3,(H,24,32)(H,26,27,29,30). The van der Waals surface area contributed by atoms with Gasteiger partial charge in [0.15, 0.2) is 5.82 Å². The summed E-state index contributed by atoms with van der Waals surface area (Å²) in [5, 5.41) is 10.1. The maximum absolute atomic E-state index is 12.5. The number of hydrogen-bond donors (Lipinski definition) is 2. The van der Waals surface area contributed by atoms with Gasteiger partial charge in [0.1, 0.15) is 6.33 Å². The number of hydrogen-bond acceptors (Lipinski definition) is 8. The van der Waals surface area contributed by atoms with Crippen LogP contribution < -0.4 is 10.6 Å². The van der Waals surface area contributed by atoms with Crippen molar-refractivity contribution >= 4 is 17.5 Å². The Morgan fingerprint density at radius 3 is 2.64 bits per heavy atom. The topological polar surface area (TPSA) is 124 Å². The van der Waals surface area contributed by atoms with Crippen molar-refractivity contribution in [2.24, 2.45) is 7.05 Å². The molecule has 10 nitrogen and oxygen atoms in total. The Hall–Kier alpha value is -4.08. The number of aromatic nitrogens is 6. The molecule has 0 aliphatic carbocycles. The molecule has 0 aliphatic heterocycles. The van der Waals surface area contributed by atoms with Crippen LogP contribution in [-0.4, -0.2) is 35.6 Å². The van der Waals surface area contributed by atoms with Gasteiger partial charge < -0.3 is 15.1 Å². The van der Waals surface area contributed by atoms with Gasteiger partial charge in [0.2, 0.25) is 17.6 Å². The summed E-state index contributed by atoms with van der Waals surface area (Å²) in [6.07, 6.45) is 6.45. The molecule has 3 heterocycles. The Kier molecular flexibility index (Phi) is 5.91. The maximum Gasteiger partial charge on any atom is 0.288 e. The van der Waals surface area contributed by atoms with E-state index >= 15 is 0 Å². The van der Waals surface area contributed by atoms with E-state index in [-0.39, 0.29) is 17.1 Å². The lowest BCUT2D eigenvalue weighted by Gasteiger charge is -2.12. The SMILES string of the molecule is Cc1cc(-c2ncnc(Nc3cnn(C)c3)n2)ccc1CNC(=O)c1cnc(C(C)(C)C)o1. The van der Waals surface area contributed by atoms with Crippen LogP contribution in [0.15, 0.2) is 47.5 Å². The fourth-order valence-electron chi connectivity index (χ4n) is 3.13. The summed E-state index contributed by atoms with van der Waals surface area (Å²) in [5.74, 6) is 1.41. The van der Waals surface area contributed by atoms with E-state index in [4.69, 9.17) is 4.42 Å². The van der Waals surface area contributed by atoms with Crippen molar-refractivity contribution in [2.45, 2.75) is 39.7 Å². The quantitative estimate of drug-likeness (QED) is 0.461. The van der Waals surface area contributed by atoms with Crippen molar-refractivity contribution in [3.8, 4) is 11.4 Å². The van der Waals surface area contributed by atoms with E-state index in [1.807, 2.05) is 59.1 Å². The lowest BCUT2D eigenvalue weighted by molar-refractivity contribution is 0.0919. The molecule has 33 heavy (non-hydrogen) atoms. The van der Waals surface area contributed by atoms with E-state index in [1.54, 1.807) is 10.9 Å². The molecule has 170 valence electrons. The van der Waals surface area contributed by atoms with Crippen molar-refractivity contribution in [1.82, 2.24) is 35.0 Å². The summed E-state index contributed by atoms with van der Waals surface area (Å²) in [6.45, 7) is 8.29. The largest absolute Gasteiger partial charge is 0.435 e. The number of amides is 1. The Morgan fingerprint density at radius 1 is 1.15 bits per heavy atom. The molecule has 2 N–H and O–H groups in total. The van der Waals surface area contributed by atoms with Crippen LogP contribution in [0.2, 0.25) is 0 Å². The molecule has 0 spiro atoms. The van der Waals surface area contributed by atoms with Crippen molar-refractivity contribution < 1.29 is 9.21 Å². The summed E-state index contributed by atoms with van der Waals surface area (Å²) >= 11 is 0. The third kappa shape index (κ3) is 5.22. The van der Waals surface area contributed by atoms with Crippen LogP contribution in [0.1, 0.15) is 48.3 Å². The molecule has 0 unspecified atom stereocenters. The molecule has 0 bridgehead atoms. The normalized spacial score (nSPS) is 11.4. The first-order valence-corrected chi connectivity index (χ1v) is 10.5. The van der Waals surface area contributed by atoms with Crippen LogP contribution in [-0.2, 0) is 19.0 Å². The second kappa shape index (κ2) is 8.81. The Bertz CT molecular complexity index is 1290. The monoisotopic (exact) mass is 446 g/mol. The van der Waals surface area contributed by atoms with Crippen molar-refractivity contribution in [3.05, 3.63) is 65.9 Å². The molecule has 0 fully saturated rings. The average Bonchev–Trinajstić information content (AvgIpc) is 3.42. The van der Waals surface area contributed by atoms with Crippen molar-refractivity contribution in [3.63, 3.8) is 0 Å². The second-order valence-electron chi connectivity index (χ2n) is 8.76. The minimum Gasteiger partial charge on any atom is -0.435 e. The van der Waals surface area contributed by atoms with Crippen molar-refractivity contribution in [2.75, 3.05) is 5.32 Å². The highest BCUT2D eigenvalue weighted by Crippen LogP contribution is 2.22. The molecule has 0 saturated heterocycles. The molecule has 0 radical (unpaired) electrons. The number of anilines is 2. The van der Waals surface area contributed by atoms with Gasteiger partial charge in [-0.3, -0.25) is 9.48 Å². The van der Waals surface area contributed by atoms with Gasteiger partial charge >= 0.3 is 0 Å². The van der Waals surface area contributed by atoms with Crippen LogP contribution in [0, 0.1) is 6.92 Å². The van der Waals surface area contributed by atoms with Crippen LogP contribution >= 0.6 is 0 Å². The van der Waals surface area contributed by atoms with Gasteiger partial charge in [0, 0.05) is 30.8 Å². The predicted molar refractivity (Wildman–Crippen MR) is 123 cm³/mol. The molecule has 4 aromatic rings. The van der Waals surface area contributed by atoms with Gasteiger partial charge in [-0.05, 0) is 24.1 Å². The van der Waals surface area contributed by atoms with Gasteiger partial charge in [-0.15, -0.1) is 0 Å². The maximum atomic E-state index is 12.5. The number of nitrogens with one attached hydrogen (secondary N) is 2. The summed E-state index contributed by atoms with van der Waals surface area (Å²) < 4.78 is 7.30. The highest BCUT2D eigenvalue weighted by atomic mass is 16.4. The van der Waals surface area contributed by atoms with Crippen LogP contribution in [0.5, 0.6) is 0 Å². The molecule has 0 saturated carbocycles. The Labute approximate surface area is 191 Å². The van der Waals surface area contributed by atoms with Gasteiger partial charge in [-0.1, -0.05) is 32.9 Å². The third-order valence-electron chi connectivity index (χ3n) is 4.94. The number of nitrogens with zero attached hydrogens (tertiary/aromatic N) is 6. The number of oxazole rings is 1. The third-order valence-corrected chi connectivity index (χ3v) is 4.94. The Balaban J connectivity index is 1.43. The lowest BCUT2D eigenvalue weighted by atomic mass is 9.97. The van der Waals surface area contributed by atoms with Crippen LogP contribution in [0.3, 0.4) is 0 Å². The van der Waals surface area contributed by atoms with Crippen LogP contribution in [0.4, 0.5) is 11.6 Å². The number of rotatable bonds is 6. The molecule has 0 atom stereocenters. The first-order chi connectivity index (χ1) is 15.7. The second-order valence-corrected chi connectivity index (χ2v) is 8.76. The molecular weight excluding hydrogens is 420 g/mol. The highest BCUT2D eigenvalue weighted by molar-refractivity contribution is 5.91. The van der Waals surface area contributed by atoms with E-state index < -0.39 is 0 Å². The molecular formula is C23H26N8O2. The van der Waals surface area contributed by atoms with E-state index in [0.29, 0.717) is 24.2 Å². The number of carbonyl (C=O) groups is 1. The van der Waals surface area contributed by atoms with E-state index in [0.717, 1.165) is 22.4 Å². The summed E-state index contributed by atoms with van der Waals surface area (Å²) in [4.78, 5) is 29.6. The molecule has 1 amide bonds. The Morgan fingerprint density at radius 2 is 1.97 bits per heavy atom. The molecule has 0 aliphatic rings. The lowest BCUT2D eigenvalue weighted by Crippen LogP contribution is -2.22. The molecule has 3 aromatic heterocycles. The van der Waals surface area contributed by atoms with Gasteiger partial charge in [0.25, 0.3) is 5.91 Å². The predicted octanol–water partition coefficient (Wildman–Crippen LogP) is 3.54. The molecule has 1 aromatic carbocycles. The summed E-state index contributed by atoms with van der Waals surface area (Å²) in [5.41, 5.74) is 3.36. The van der Waals surface area contributed by atoms with Crippen LogP contribution in [0.25, 0.3) is 11.4 Å². The minimum absolute atomic E-state index is 0.202. The fraction of sp³-hybridized carbons (Fsp3) is 0.304. The van der Waals surface area contributed by atoms with E-state index in [9.17, 15) is 4.79 Å². The zero-order valence-electron chi connectivity index (χ0n) is 19.2. The molecule has 4 rings (SSSR count). The van der Waals surface area contributed by atoms with E-state index in [2.05, 4.69) is 35.7 Å². The van der Waals surface area contributed by atoms with E-state index in [1.165, 1.54) is 12.5 Å². The number of carbonyl (C=O) groups excluding carboxylic acids is 1.